The number of H-pyrrole nitrogens is 1. The molecule has 0 aliphatic carbocycles. The van der Waals surface area contributed by atoms with Crippen LogP contribution in [0, 0.1) is 0 Å². The van der Waals surface area contributed by atoms with Gasteiger partial charge in [-0.3, -0.25) is 9.78 Å². The molecule has 1 aromatic carbocycles. The van der Waals surface area contributed by atoms with Gasteiger partial charge in [0.15, 0.2) is 0 Å². The Morgan fingerprint density at radius 3 is 2.84 bits per heavy atom. The van der Waals surface area contributed by atoms with Crippen molar-refractivity contribution in [2.45, 2.75) is 6.92 Å². The standard InChI is InChI=1S/C19H15N3O3/c1-2-25-19(24)12-5-6-16-15(8-12)21-18(23)17-9-14(11-22(16)17)13-4-3-7-20-10-13/h3-11H,2H2,1H3,(H,21,23). The summed E-state index contributed by atoms with van der Waals surface area (Å²) in [6, 6.07) is 10.8. The van der Waals surface area contributed by atoms with E-state index in [1.165, 1.54) is 0 Å². The van der Waals surface area contributed by atoms with Crippen molar-refractivity contribution in [2.75, 3.05) is 6.61 Å². The highest BCUT2D eigenvalue weighted by atomic mass is 16.5. The third-order valence-electron chi connectivity index (χ3n) is 4.06. The molecule has 0 bridgehead atoms. The summed E-state index contributed by atoms with van der Waals surface area (Å²) in [4.78, 5) is 31.3. The number of ether oxygens (including phenoxy) is 1. The Morgan fingerprint density at radius 2 is 2.08 bits per heavy atom. The summed E-state index contributed by atoms with van der Waals surface area (Å²) in [5.41, 5.74) is 3.94. The van der Waals surface area contributed by atoms with Crippen LogP contribution >= 0.6 is 0 Å². The van der Waals surface area contributed by atoms with Gasteiger partial charge in [-0.25, -0.2) is 4.79 Å². The zero-order valence-electron chi connectivity index (χ0n) is 13.5. The number of fused-ring (bicyclic) bond motifs is 3. The number of hydrogen-bond acceptors (Lipinski definition) is 4. The number of esters is 1. The lowest BCUT2D eigenvalue weighted by molar-refractivity contribution is 0.0526. The first kappa shape index (κ1) is 15.1. The predicted octanol–water partition coefficient (Wildman–Crippen LogP) is 3.02. The molecular formula is C19H15N3O3. The van der Waals surface area contributed by atoms with Crippen LogP contribution in [0.5, 0.6) is 0 Å². The number of aromatic nitrogens is 3. The van der Waals surface area contributed by atoms with Crippen molar-refractivity contribution < 1.29 is 9.53 Å². The Labute approximate surface area is 142 Å². The Balaban J connectivity index is 1.93. The lowest BCUT2D eigenvalue weighted by Gasteiger charge is -2.05. The second-order valence-electron chi connectivity index (χ2n) is 5.63. The van der Waals surface area contributed by atoms with Gasteiger partial charge in [0.2, 0.25) is 0 Å². The van der Waals surface area contributed by atoms with Crippen molar-refractivity contribution in [1.29, 1.82) is 0 Å². The van der Waals surface area contributed by atoms with E-state index in [-0.39, 0.29) is 5.56 Å². The van der Waals surface area contributed by atoms with Crippen LogP contribution in [0.1, 0.15) is 17.3 Å². The van der Waals surface area contributed by atoms with Gasteiger partial charge in [0.25, 0.3) is 5.56 Å². The minimum atomic E-state index is -0.408. The first-order valence-corrected chi connectivity index (χ1v) is 7.93. The third kappa shape index (κ3) is 2.57. The van der Waals surface area contributed by atoms with Crippen LogP contribution in [0.2, 0.25) is 0 Å². The van der Waals surface area contributed by atoms with E-state index in [1.54, 1.807) is 37.5 Å². The van der Waals surface area contributed by atoms with Crippen LogP contribution < -0.4 is 5.56 Å². The van der Waals surface area contributed by atoms with Gasteiger partial charge in [0.05, 0.1) is 23.2 Å². The summed E-state index contributed by atoms with van der Waals surface area (Å²) < 4.78 is 6.84. The Bertz CT molecular complexity index is 1140. The number of carbonyl (C=O) groups is 1. The molecule has 0 aliphatic rings. The zero-order valence-corrected chi connectivity index (χ0v) is 13.5. The molecule has 0 saturated carbocycles. The highest BCUT2D eigenvalue weighted by molar-refractivity contribution is 5.94. The van der Waals surface area contributed by atoms with E-state index in [0.29, 0.717) is 23.2 Å². The summed E-state index contributed by atoms with van der Waals surface area (Å²) in [6.07, 6.45) is 5.36. The fraction of sp³-hybridized carbons (Fsp3) is 0.105. The fourth-order valence-electron chi connectivity index (χ4n) is 2.90. The molecule has 3 aromatic heterocycles. The maximum atomic E-state index is 12.4. The zero-order chi connectivity index (χ0) is 17.4. The summed E-state index contributed by atoms with van der Waals surface area (Å²) >= 11 is 0. The van der Waals surface area contributed by atoms with E-state index in [1.807, 2.05) is 28.8 Å². The average molecular weight is 333 g/mol. The molecule has 0 unspecified atom stereocenters. The molecule has 3 heterocycles. The first-order valence-electron chi connectivity index (χ1n) is 7.93. The van der Waals surface area contributed by atoms with Gasteiger partial charge in [0, 0.05) is 29.7 Å². The van der Waals surface area contributed by atoms with Crippen molar-refractivity contribution in [1.82, 2.24) is 14.4 Å². The lowest BCUT2D eigenvalue weighted by Crippen LogP contribution is -2.11. The Morgan fingerprint density at radius 1 is 1.20 bits per heavy atom. The minimum absolute atomic E-state index is 0.219. The molecule has 25 heavy (non-hydrogen) atoms. The molecule has 0 radical (unpaired) electrons. The third-order valence-corrected chi connectivity index (χ3v) is 4.06. The van der Waals surface area contributed by atoms with Crippen LogP contribution in [-0.4, -0.2) is 26.9 Å². The normalized spacial score (nSPS) is 11.1. The Hall–Kier alpha value is -3.41. The van der Waals surface area contributed by atoms with Crippen LogP contribution in [0.25, 0.3) is 27.7 Å². The van der Waals surface area contributed by atoms with Gasteiger partial charge >= 0.3 is 5.97 Å². The van der Waals surface area contributed by atoms with E-state index < -0.39 is 5.97 Å². The van der Waals surface area contributed by atoms with Crippen molar-refractivity contribution >= 4 is 22.5 Å². The van der Waals surface area contributed by atoms with E-state index >= 15 is 0 Å². The van der Waals surface area contributed by atoms with E-state index in [4.69, 9.17) is 4.74 Å². The maximum Gasteiger partial charge on any atom is 0.338 e. The van der Waals surface area contributed by atoms with Crippen LogP contribution in [0.3, 0.4) is 0 Å². The van der Waals surface area contributed by atoms with E-state index in [2.05, 4.69) is 9.97 Å². The van der Waals surface area contributed by atoms with Crippen molar-refractivity contribution in [3.05, 3.63) is 70.9 Å². The largest absolute Gasteiger partial charge is 0.462 e. The number of aromatic amines is 1. The molecular weight excluding hydrogens is 318 g/mol. The summed E-state index contributed by atoms with van der Waals surface area (Å²) in [7, 11) is 0. The van der Waals surface area contributed by atoms with Crippen LogP contribution in [0.15, 0.2) is 59.8 Å². The molecule has 1 N–H and O–H groups in total. The number of carbonyl (C=O) groups excluding carboxylic acids is 1. The molecule has 0 atom stereocenters. The number of benzene rings is 1. The van der Waals surface area contributed by atoms with Gasteiger partial charge in [-0.1, -0.05) is 6.07 Å². The number of rotatable bonds is 3. The first-order chi connectivity index (χ1) is 12.2. The molecule has 4 rings (SSSR count). The monoisotopic (exact) mass is 333 g/mol. The van der Waals surface area contributed by atoms with Gasteiger partial charge in [0.1, 0.15) is 5.52 Å². The molecule has 6 nitrogen and oxygen atoms in total. The smallest absolute Gasteiger partial charge is 0.338 e. The number of hydrogen-bond donors (Lipinski definition) is 1. The maximum absolute atomic E-state index is 12.4. The van der Waals surface area contributed by atoms with Crippen LogP contribution in [-0.2, 0) is 4.74 Å². The fourth-order valence-corrected chi connectivity index (χ4v) is 2.90. The van der Waals surface area contributed by atoms with Crippen molar-refractivity contribution in [2.24, 2.45) is 0 Å². The van der Waals surface area contributed by atoms with E-state index in [9.17, 15) is 9.59 Å². The quantitative estimate of drug-likeness (QED) is 0.585. The second-order valence-corrected chi connectivity index (χ2v) is 5.63. The lowest BCUT2D eigenvalue weighted by atomic mass is 10.1. The SMILES string of the molecule is CCOC(=O)c1ccc2c(c1)[nH]c(=O)c1cc(-c3cccnc3)cn12. The highest BCUT2D eigenvalue weighted by Crippen LogP contribution is 2.23. The van der Waals surface area contributed by atoms with E-state index in [0.717, 1.165) is 16.6 Å². The highest BCUT2D eigenvalue weighted by Gasteiger charge is 2.12. The molecule has 0 aliphatic heterocycles. The summed E-state index contributed by atoms with van der Waals surface area (Å²) in [5, 5.41) is 0. The number of pyridine rings is 1. The minimum Gasteiger partial charge on any atom is -0.462 e. The van der Waals surface area contributed by atoms with Gasteiger partial charge in [-0.15, -0.1) is 0 Å². The van der Waals surface area contributed by atoms with Gasteiger partial charge in [-0.05, 0) is 37.3 Å². The summed E-state index contributed by atoms with van der Waals surface area (Å²) in [6.45, 7) is 2.06. The topological polar surface area (TPSA) is 76.5 Å². The van der Waals surface area contributed by atoms with Crippen molar-refractivity contribution in [3.63, 3.8) is 0 Å². The molecule has 0 saturated heterocycles. The van der Waals surface area contributed by atoms with Gasteiger partial charge in [-0.2, -0.15) is 0 Å². The molecule has 4 aromatic rings. The summed E-state index contributed by atoms with van der Waals surface area (Å²) in [5.74, 6) is -0.408. The number of nitrogens with zero attached hydrogens (tertiary/aromatic N) is 2. The average Bonchev–Trinajstić information content (AvgIpc) is 3.08. The number of nitrogens with one attached hydrogen (secondary N) is 1. The Kier molecular flexibility index (Phi) is 3.57. The molecule has 124 valence electrons. The second kappa shape index (κ2) is 5.90. The van der Waals surface area contributed by atoms with Gasteiger partial charge < -0.3 is 14.1 Å². The molecule has 0 amide bonds. The van der Waals surface area contributed by atoms with Crippen molar-refractivity contribution in [3.8, 4) is 11.1 Å². The predicted molar refractivity (Wildman–Crippen MR) is 94.7 cm³/mol. The molecule has 0 spiro atoms. The van der Waals surface area contributed by atoms with Crippen LogP contribution in [0.4, 0.5) is 0 Å². The molecule has 0 fully saturated rings. The molecule has 6 heteroatoms.